The molecule has 0 unspecified atom stereocenters. The molecule has 1 N–H and O–H groups in total. The molecule has 4 aromatic rings. The van der Waals surface area contributed by atoms with Crippen LogP contribution < -0.4 is 15.6 Å². The van der Waals surface area contributed by atoms with Gasteiger partial charge in [0, 0.05) is 18.2 Å². The summed E-state index contributed by atoms with van der Waals surface area (Å²) >= 11 is 6.32. The van der Waals surface area contributed by atoms with Gasteiger partial charge in [-0.05, 0) is 62.1 Å². The van der Waals surface area contributed by atoms with Gasteiger partial charge in [-0.1, -0.05) is 28.9 Å². The topological polar surface area (TPSA) is 91.3 Å². The Labute approximate surface area is 200 Å². The fourth-order valence-electron chi connectivity index (χ4n) is 4.43. The smallest absolute Gasteiger partial charge is 0.295 e. The third-order valence-electron chi connectivity index (χ3n) is 6.31. The summed E-state index contributed by atoms with van der Waals surface area (Å²) in [5, 5.41) is 7.28. The van der Waals surface area contributed by atoms with E-state index < -0.39 is 5.91 Å². The summed E-state index contributed by atoms with van der Waals surface area (Å²) in [4.78, 5) is 26.5. The average molecular weight is 479 g/mol. The summed E-state index contributed by atoms with van der Waals surface area (Å²) in [5.74, 6) is 0.867. The second-order valence-corrected chi connectivity index (χ2v) is 8.63. The highest BCUT2D eigenvalue weighted by atomic mass is 35.5. The largest absolute Gasteiger partial charge is 0.497 e. The molecule has 0 radical (unpaired) electrons. The molecule has 8 nitrogen and oxygen atoms in total. The van der Waals surface area contributed by atoms with Crippen LogP contribution in [0.1, 0.15) is 33.7 Å². The van der Waals surface area contributed by atoms with Gasteiger partial charge in [0.2, 0.25) is 0 Å². The van der Waals surface area contributed by atoms with Gasteiger partial charge in [0.1, 0.15) is 11.4 Å². The molecule has 0 atom stereocenters. The number of rotatable bonds is 4. The number of anilines is 1. The van der Waals surface area contributed by atoms with Crippen molar-refractivity contribution in [3.63, 3.8) is 0 Å². The Morgan fingerprint density at radius 2 is 2.00 bits per heavy atom. The second kappa shape index (κ2) is 8.53. The summed E-state index contributed by atoms with van der Waals surface area (Å²) in [6, 6.07) is 12.8. The fourth-order valence-corrected chi connectivity index (χ4v) is 4.65. The molecule has 0 saturated heterocycles. The Kier molecular flexibility index (Phi) is 5.53. The number of nitrogens with one attached hydrogen (secondary N) is 1. The van der Waals surface area contributed by atoms with Crippen LogP contribution in [0.15, 0.2) is 51.8 Å². The molecule has 5 rings (SSSR count). The van der Waals surface area contributed by atoms with Crippen molar-refractivity contribution in [1.82, 2.24) is 14.5 Å². The molecule has 9 heteroatoms. The van der Waals surface area contributed by atoms with E-state index in [1.54, 1.807) is 50.0 Å². The normalized spacial score (nSPS) is 12.6. The molecule has 34 heavy (non-hydrogen) atoms. The Morgan fingerprint density at radius 3 is 2.76 bits per heavy atom. The third-order valence-corrected chi connectivity index (χ3v) is 6.63. The highest BCUT2D eigenvalue weighted by Crippen LogP contribution is 2.36. The van der Waals surface area contributed by atoms with Gasteiger partial charge < -0.3 is 14.6 Å². The van der Waals surface area contributed by atoms with Crippen molar-refractivity contribution in [3.8, 4) is 22.8 Å². The van der Waals surface area contributed by atoms with Crippen LogP contribution in [0.5, 0.6) is 5.75 Å². The number of aromatic nitrogens is 3. The van der Waals surface area contributed by atoms with E-state index in [9.17, 15) is 9.59 Å². The van der Waals surface area contributed by atoms with E-state index >= 15 is 0 Å². The predicted molar refractivity (Wildman–Crippen MR) is 129 cm³/mol. The van der Waals surface area contributed by atoms with Crippen molar-refractivity contribution in [2.24, 2.45) is 7.05 Å². The second-order valence-electron chi connectivity index (χ2n) is 8.22. The number of aryl methyl sites for hydroxylation is 1. The lowest BCUT2D eigenvalue weighted by Gasteiger charge is -2.09. The molecular weight excluding hydrogens is 456 g/mol. The van der Waals surface area contributed by atoms with Crippen molar-refractivity contribution >= 4 is 23.2 Å². The number of nitrogens with zero attached hydrogens (tertiary/aromatic N) is 3. The van der Waals surface area contributed by atoms with Crippen LogP contribution in [0.4, 0.5) is 5.69 Å². The number of carbonyl (C=O) groups excluding carboxylic acids is 1. The summed E-state index contributed by atoms with van der Waals surface area (Å²) in [6.45, 7) is 1.76. The number of hydrogen-bond acceptors (Lipinski definition) is 5. The molecule has 1 aliphatic carbocycles. The first kappa shape index (κ1) is 22.0. The molecule has 0 saturated carbocycles. The molecule has 2 heterocycles. The van der Waals surface area contributed by atoms with E-state index in [4.69, 9.17) is 20.9 Å². The van der Waals surface area contributed by atoms with Crippen LogP contribution in [0.25, 0.3) is 17.0 Å². The minimum absolute atomic E-state index is 0.169. The van der Waals surface area contributed by atoms with Crippen molar-refractivity contribution < 1.29 is 14.1 Å². The Morgan fingerprint density at radius 1 is 1.21 bits per heavy atom. The lowest BCUT2D eigenvalue weighted by Crippen LogP contribution is -2.23. The average Bonchev–Trinajstić information content (AvgIpc) is 3.27. The maximum absolute atomic E-state index is 13.3. The van der Waals surface area contributed by atoms with Gasteiger partial charge in [-0.25, -0.2) is 4.68 Å². The number of methoxy groups -OCH3 is 1. The molecule has 0 aliphatic heterocycles. The molecule has 2 aromatic heterocycles. The Bertz CT molecular complexity index is 1480. The minimum Gasteiger partial charge on any atom is -0.497 e. The summed E-state index contributed by atoms with van der Waals surface area (Å²) in [7, 11) is 3.37. The fraction of sp³-hybridized carbons (Fsp3) is 0.240. The molecule has 0 bridgehead atoms. The number of halogens is 1. The van der Waals surface area contributed by atoms with Crippen LogP contribution in [-0.2, 0) is 19.9 Å². The first-order valence-electron chi connectivity index (χ1n) is 10.9. The lowest BCUT2D eigenvalue weighted by molar-refractivity contribution is 0.101. The first-order chi connectivity index (χ1) is 16.4. The van der Waals surface area contributed by atoms with E-state index in [1.165, 1.54) is 4.68 Å². The summed E-state index contributed by atoms with van der Waals surface area (Å²) in [6.07, 6.45) is 2.30. The number of hydrogen-bond donors (Lipinski definition) is 1. The molecule has 2 aromatic carbocycles. The van der Waals surface area contributed by atoms with Gasteiger partial charge in [-0.3, -0.25) is 14.3 Å². The van der Waals surface area contributed by atoms with Crippen LogP contribution >= 0.6 is 11.6 Å². The van der Waals surface area contributed by atoms with Gasteiger partial charge >= 0.3 is 0 Å². The monoisotopic (exact) mass is 478 g/mol. The third kappa shape index (κ3) is 3.51. The van der Waals surface area contributed by atoms with E-state index in [2.05, 4.69) is 10.5 Å². The summed E-state index contributed by atoms with van der Waals surface area (Å²) < 4.78 is 14.1. The van der Waals surface area contributed by atoms with Gasteiger partial charge in [-0.15, -0.1) is 0 Å². The number of para-hydroxylation sites is 1. The van der Waals surface area contributed by atoms with Crippen LogP contribution in [0, 0.1) is 6.92 Å². The number of benzene rings is 2. The van der Waals surface area contributed by atoms with E-state index in [0.29, 0.717) is 28.6 Å². The highest BCUT2D eigenvalue weighted by molar-refractivity contribution is 6.32. The SMILES string of the molecule is COc1ccc2c(c1)CCCc1c(C(=O)Nc3c(C)n(C)n(-c4ccccc4Cl)c3=O)noc1-2. The summed E-state index contributed by atoms with van der Waals surface area (Å²) in [5.41, 5.74) is 3.82. The van der Waals surface area contributed by atoms with Gasteiger partial charge in [0.25, 0.3) is 11.5 Å². The zero-order valence-corrected chi connectivity index (χ0v) is 19.8. The lowest BCUT2D eigenvalue weighted by atomic mass is 10.0. The molecule has 1 aliphatic rings. The molecular formula is C25H23ClN4O4. The van der Waals surface area contributed by atoms with Crippen LogP contribution in [-0.4, -0.2) is 27.5 Å². The Balaban J connectivity index is 1.52. The van der Waals surface area contributed by atoms with Gasteiger partial charge in [0.15, 0.2) is 11.5 Å². The molecule has 0 fully saturated rings. The maximum Gasteiger partial charge on any atom is 0.295 e. The van der Waals surface area contributed by atoms with Crippen LogP contribution in [0.2, 0.25) is 5.02 Å². The van der Waals surface area contributed by atoms with Gasteiger partial charge in [-0.2, -0.15) is 0 Å². The maximum atomic E-state index is 13.3. The standard InChI is InChI=1S/C25H23ClN4O4/c1-14-21(25(32)30(29(14)2)20-10-5-4-9-19(20)26)27-24(31)22-18-8-6-7-15-13-16(33-3)11-12-17(15)23(18)34-28-22/h4-5,9-13H,6-8H2,1-3H3,(H,27,31). The number of amides is 1. The van der Waals surface area contributed by atoms with E-state index in [-0.39, 0.29) is 16.9 Å². The molecule has 0 spiro atoms. The number of ether oxygens (including phenoxy) is 1. The molecule has 174 valence electrons. The number of fused-ring (bicyclic) bond motifs is 3. The van der Waals surface area contributed by atoms with E-state index in [0.717, 1.165) is 35.3 Å². The minimum atomic E-state index is -0.487. The number of carbonyl (C=O) groups is 1. The molecule has 1 amide bonds. The van der Waals surface area contributed by atoms with E-state index in [1.807, 2.05) is 18.2 Å². The highest BCUT2D eigenvalue weighted by Gasteiger charge is 2.28. The predicted octanol–water partition coefficient (Wildman–Crippen LogP) is 4.54. The zero-order chi connectivity index (χ0) is 24.0. The quantitative estimate of drug-likeness (QED) is 0.465. The van der Waals surface area contributed by atoms with Crippen molar-refractivity contribution in [2.45, 2.75) is 26.2 Å². The van der Waals surface area contributed by atoms with Crippen molar-refractivity contribution in [3.05, 3.63) is 80.4 Å². The van der Waals surface area contributed by atoms with Gasteiger partial charge in [0.05, 0.1) is 23.5 Å². The van der Waals surface area contributed by atoms with Crippen molar-refractivity contribution in [2.75, 3.05) is 12.4 Å². The Hall–Kier alpha value is -3.78. The van der Waals surface area contributed by atoms with Crippen LogP contribution in [0.3, 0.4) is 0 Å². The van der Waals surface area contributed by atoms with Crippen molar-refractivity contribution in [1.29, 1.82) is 0 Å². The first-order valence-corrected chi connectivity index (χ1v) is 11.3. The zero-order valence-electron chi connectivity index (χ0n) is 19.0.